The van der Waals surface area contributed by atoms with E-state index in [4.69, 9.17) is 0 Å². The van der Waals surface area contributed by atoms with Gasteiger partial charge >= 0.3 is 0 Å². The summed E-state index contributed by atoms with van der Waals surface area (Å²) < 4.78 is 29.0. The van der Waals surface area contributed by atoms with E-state index in [2.05, 4.69) is 20.1 Å². The molecule has 2 N–H and O–H groups in total. The van der Waals surface area contributed by atoms with E-state index >= 15 is 0 Å². The van der Waals surface area contributed by atoms with Crippen molar-refractivity contribution in [2.45, 2.75) is 38.1 Å². The van der Waals surface area contributed by atoms with Gasteiger partial charge in [0.2, 0.25) is 10.0 Å². The van der Waals surface area contributed by atoms with E-state index in [1.165, 1.54) is 24.3 Å². The molecule has 1 aromatic carbocycles. The molecule has 0 aliphatic rings. The second-order valence-corrected chi connectivity index (χ2v) is 9.32. The van der Waals surface area contributed by atoms with Crippen LogP contribution in [-0.4, -0.2) is 34.6 Å². The maximum atomic E-state index is 12.5. The lowest BCUT2D eigenvalue weighted by Gasteiger charge is -2.20. The van der Waals surface area contributed by atoms with Crippen molar-refractivity contribution in [3.63, 3.8) is 0 Å². The molecule has 0 spiro atoms. The Morgan fingerprint density at radius 3 is 2.39 bits per heavy atom. The van der Waals surface area contributed by atoms with Gasteiger partial charge in [0.25, 0.3) is 5.91 Å². The minimum Gasteiger partial charge on any atom is -0.321 e. The average Bonchev–Trinajstić information content (AvgIpc) is 2.87. The third kappa shape index (κ3) is 4.20. The molecule has 0 aliphatic carbocycles. The molecule has 2 heterocycles. The highest BCUT2D eigenvalue weighted by molar-refractivity contribution is 7.89. The van der Waals surface area contributed by atoms with Crippen molar-refractivity contribution >= 4 is 32.7 Å². The summed E-state index contributed by atoms with van der Waals surface area (Å²) in [7, 11) is -1.84. The average molecular weight is 401 g/mol. The molecule has 148 valence electrons. The predicted molar refractivity (Wildman–Crippen MR) is 108 cm³/mol. The first kappa shape index (κ1) is 20.0. The predicted octanol–water partition coefficient (Wildman–Crippen LogP) is 2.61. The van der Waals surface area contributed by atoms with E-state index in [0.29, 0.717) is 11.3 Å². The molecule has 0 saturated carbocycles. The number of carbonyl (C=O) groups excluding carboxylic acids is 1. The number of hydrogen-bond donors (Lipinski definition) is 2. The lowest BCUT2D eigenvalue weighted by molar-refractivity contribution is 0.102. The maximum Gasteiger partial charge on any atom is 0.255 e. The number of rotatable bonds is 4. The van der Waals surface area contributed by atoms with E-state index in [1.807, 2.05) is 20.0 Å². The maximum absolute atomic E-state index is 12.5. The topological polar surface area (TPSA) is 106 Å². The van der Waals surface area contributed by atoms with Crippen LogP contribution in [0.25, 0.3) is 11.0 Å². The molecule has 0 aliphatic heterocycles. The van der Waals surface area contributed by atoms with Crippen molar-refractivity contribution in [2.75, 3.05) is 5.32 Å². The zero-order valence-corrected chi connectivity index (χ0v) is 17.3. The van der Waals surface area contributed by atoms with Gasteiger partial charge in [0.1, 0.15) is 0 Å². The zero-order chi connectivity index (χ0) is 20.7. The molecule has 28 heavy (non-hydrogen) atoms. The van der Waals surface area contributed by atoms with E-state index in [9.17, 15) is 13.2 Å². The van der Waals surface area contributed by atoms with Gasteiger partial charge in [-0.05, 0) is 58.0 Å². The molecule has 2 aromatic heterocycles. The quantitative estimate of drug-likeness (QED) is 0.699. The SMILES string of the molecule is Cc1nn(C)c2ncc(NC(=O)c3ccc(S(=O)(=O)NC(C)(C)C)cc3)cc12. The minimum absolute atomic E-state index is 0.105. The van der Waals surface area contributed by atoms with Crippen LogP contribution in [0.2, 0.25) is 0 Å². The summed E-state index contributed by atoms with van der Waals surface area (Å²) in [5.74, 6) is -0.351. The van der Waals surface area contributed by atoms with Crippen LogP contribution in [0.3, 0.4) is 0 Å². The van der Waals surface area contributed by atoms with Crippen LogP contribution in [0.1, 0.15) is 36.8 Å². The van der Waals surface area contributed by atoms with Crippen LogP contribution < -0.4 is 10.0 Å². The third-order valence-electron chi connectivity index (χ3n) is 3.99. The van der Waals surface area contributed by atoms with Gasteiger partial charge in [0.15, 0.2) is 5.65 Å². The van der Waals surface area contributed by atoms with Gasteiger partial charge in [-0.25, -0.2) is 18.1 Å². The molecule has 0 unspecified atom stereocenters. The van der Waals surface area contributed by atoms with Crippen molar-refractivity contribution in [3.8, 4) is 0 Å². The number of carbonyl (C=O) groups is 1. The molecule has 0 fully saturated rings. The number of nitrogens with one attached hydrogen (secondary N) is 2. The van der Waals surface area contributed by atoms with Crippen LogP contribution in [0.4, 0.5) is 5.69 Å². The van der Waals surface area contributed by atoms with Crippen molar-refractivity contribution in [1.29, 1.82) is 0 Å². The fraction of sp³-hybridized carbons (Fsp3) is 0.316. The fourth-order valence-electron chi connectivity index (χ4n) is 2.83. The highest BCUT2D eigenvalue weighted by atomic mass is 32.2. The van der Waals surface area contributed by atoms with Crippen molar-refractivity contribution < 1.29 is 13.2 Å². The summed E-state index contributed by atoms with van der Waals surface area (Å²) in [5.41, 5.74) is 1.85. The smallest absolute Gasteiger partial charge is 0.255 e. The normalized spacial score (nSPS) is 12.3. The van der Waals surface area contributed by atoms with E-state index in [0.717, 1.165) is 16.7 Å². The highest BCUT2D eigenvalue weighted by Gasteiger charge is 2.22. The van der Waals surface area contributed by atoms with Crippen molar-refractivity contribution in [2.24, 2.45) is 7.05 Å². The van der Waals surface area contributed by atoms with Crippen LogP contribution in [-0.2, 0) is 17.1 Å². The van der Waals surface area contributed by atoms with Gasteiger partial charge in [-0.3, -0.25) is 9.48 Å². The Hall–Kier alpha value is -2.78. The number of aryl methyl sites for hydroxylation is 2. The number of benzene rings is 1. The lowest BCUT2D eigenvalue weighted by Crippen LogP contribution is -2.40. The molecule has 0 saturated heterocycles. The second-order valence-electron chi connectivity index (χ2n) is 7.64. The molecular formula is C19H23N5O3S. The van der Waals surface area contributed by atoms with Crippen molar-refractivity contribution in [3.05, 3.63) is 47.8 Å². The Bertz CT molecular complexity index is 1140. The Kier molecular flexibility index (Phi) is 4.99. The second kappa shape index (κ2) is 6.99. The van der Waals surface area contributed by atoms with Crippen LogP contribution in [0.15, 0.2) is 41.4 Å². The van der Waals surface area contributed by atoms with Crippen LogP contribution >= 0.6 is 0 Å². The Labute approximate surface area is 164 Å². The molecule has 0 radical (unpaired) electrons. The van der Waals surface area contributed by atoms with Gasteiger partial charge in [0, 0.05) is 23.5 Å². The monoisotopic (exact) mass is 401 g/mol. The first-order valence-electron chi connectivity index (χ1n) is 8.71. The summed E-state index contributed by atoms with van der Waals surface area (Å²) in [4.78, 5) is 16.9. The van der Waals surface area contributed by atoms with Crippen LogP contribution in [0.5, 0.6) is 0 Å². The number of hydrogen-bond acceptors (Lipinski definition) is 5. The molecule has 3 rings (SSSR count). The van der Waals surface area contributed by atoms with Gasteiger partial charge in [-0.15, -0.1) is 0 Å². The van der Waals surface area contributed by atoms with Gasteiger partial charge in [0.05, 0.1) is 22.5 Å². The Balaban J connectivity index is 1.79. The standard InChI is InChI=1S/C19H23N5O3S/c1-12-16-10-14(11-20-17(16)24(5)22-12)21-18(25)13-6-8-15(9-7-13)28(26,27)23-19(2,3)4/h6-11,23H,1-5H3,(H,21,25). The number of fused-ring (bicyclic) bond motifs is 1. The minimum atomic E-state index is -3.65. The first-order valence-corrected chi connectivity index (χ1v) is 10.2. The number of aromatic nitrogens is 3. The molecule has 9 heteroatoms. The molecule has 0 bridgehead atoms. The number of amides is 1. The Morgan fingerprint density at radius 2 is 1.79 bits per heavy atom. The first-order chi connectivity index (χ1) is 13.0. The zero-order valence-electron chi connectivity index (χ0n) is 16.4. The van der Waals surface area contributed by atoms with E-state index in [-0.39, 0.29) is 10.8 Å². The third-order valence-corrected chi connectivity index (χ3v) is 5.76. The fourth-order valence-corrected chi connectivity index (χ4v) is 4.25. The summed E-state index contributed by atoms with van der Waals surface area (Å²) in [5, 5.41) is 7.94. The van der Waals surface area contributed by atoms with Gasteiger partial charge in [-0.2, -0.15) is 5.10 Å². The van der Waals surface area contributed by atoms with Crippen molar-refractivity contribution in [1.82, 2.24) is 19.5 Å². The molecular weight excluding hydrogens is 378 g/mol. The van der Waals surface area contributed by atoms with E-state index < -0.39 is 15.6 Å². The summed E-state index contributed by atoms with van der Waals surface area (Å²) in [6, 6.07) is 7.60. The number of nitrogens with zero attached hydrogens (tertiary/aromatic N) is 3. The Morgan fingerprint density at radius 1 is 1.14 bits per heavy atom. The number of sulfonamides is 1. The largest absolute Gasteiger partial charge is 0.321 e. The number of anilines is 1. The molecule has 1 amide bonds. The van der Waals surface area contributed by atoms with Gasteiger partial charge in [-0.1, -0.05) is 0 Å². The van der Waals surface area contributed by atoms with Gasteiger partial charge < -0.3 is 5.32 Å². The summed E-state index contributed by atoms with van der Waals surface area (Å²) in [6.07, 6.45) is 1.56. The summed E-state index contributed by atoms with van der Waals surface area (Å²) >= 11 is 0. The van der Waals surface area contributed by atoms with Crippen LogP contribution in [0, 0.1) is 6.92 Å². The lowest BCUT2D eigenvalue weighted by atomic mass is 10.1. The van der Waals surface area contributed by atoms with E-state index in [1.54, 1.807) is 31.6 Å². The highest BCUT2D eigenvalue weighted by Crippen LogP contribution is 2.20. The number of pyridine rings is 1. The molecule has 3 aromatic rings. The summed E-state index contributed by atoms with van der Waals surface area (Å²) in [6.45, 7) is 7.17. The molecule has 0 atom stereocenters. The molecule has 8 nitrogen and oxygen atoms in total.